The molecule has 0 aliphatic heterocycles. The number of anilines is 1. The number of Topliss-reactive ketones (excluding diaryl/α,β-unsaturated/α-hetero) is 1. The molecule has 21 heavy (non-hydrogen) atoms. The number of amides is 1. The largest absolute Gasteiger partial charge is 0.319 e. The van der Waals surface area contributed by atoms with Gasteiger partial charge < -0.3 is 5.32 Å². The molecule has 2 aromatic rings. The fourth-order valence-electron chi connectivity index (χ4n) is 1.98. The van der Waals surface area contributed by atoms with Gasteiger partial charge >= 0.3 is 0 Å². The minimum Gasteiger partial charge on any atom is -0.319 e. The first-order valence-electron chi connectivity index (χ1n) is 6.12. The fraction of sp³-hybridized carbons (Fsp3) is 0.214. The lowest BCUT2D eigenvalue weighted by atomic mass is 10.1. The molecule has 1 N–H and O–H groups in total. The molecule has 110 valence electrons. The number of halogens is 2. The highest BCUT2D eigenvalue weighted by Gasteiger charge is 2.24. The quantitative estimate of drug-likeness (QED) is 0.696. The number of aryl methyl sites for hydroxylation is 2. The van der Waals surface area contributed by atoms with Crippen LogP contribution in [0.25, 0.3) is 0 Å². The van der Waals surface area contributed by atoms with Crippen LogP contribution >= 0.6 is 23.2 Å². The van der Waals surface area contributed by atoms with Crippen molar-refractivity contribution in [2.75, 3.05) is 5.32 Å². The molecule has 0 unspecified atom stereocenters. The van der Waals surface area contributed by atoms with Crippen LogP contribution in [0, 0.1) is 13.8 Å². The molecule has 1 aromatic heterocycles. The number of nitrogens with zero attached hydrogens (tertiary/aromatic N) is 2. The zero-order valence-electron chi connectivity index (χ0n) is 11.7. The van der Waals surface area contributed by atoms with Crippen LogP contribution in [-0.4, -0.2) is 21.5 Å². The van der Waals surface area contributed by atoms with Crippen molar-refractivity contribution in [2.45, 2.75) is 13.8 Å². The molecular weight excluding hydrogens is 313 g/mol. The Labute approximate surface area is 131 Å². The molecule has 1 heterocycles. The van der Waals surface area contributed by atoms with Gasteiger partial charge in [-0.05, 0) is 32.0 Å². The molecule has 0 fully saturated rings. The van der Waals surface area contributed by atoms with Crippen LogP contribution in [0.5, 0.6) is 0 Å². The van der Waals surface area contributed by atoms with Crippen molar-refractivity contribution < 1.29 is 9.59 Å². The third-order valence-electron chi connectivity index (χ3n) is 3.12. The third kappa shape index (κ3) is 3.09. The summed E-state index contributed by atoms with van der Waals surface area (Å²) in [6.07, 6.45) is 0. The predicted octanol–water partition coefficient (Wildman–Crippen LogP) is 3.17. The SMILES string of the molecule is Cc1nn(C)c(C)c1C(=O)C(=O)Nc1ccc(Cl)c(Cl)c1. The maximum Gasteiger partial charge on any atom is 0.296 e. The van der Waals surface area contributed by atoms with Crippen molar-refractivity contribution in [2.24, 2.45) is 7.05 Å². The van der Waals surface area contributed by atoms with Gasteiger partial charge in [-0.1, -0.05) is 23.2 Å². The molecule has 0 atom stereocenters. The number of hydrogen-bond acceptors (Lipinski definition) is 3. The average molecular weight is 326 g/mol. The molecule has 1 aromatic carbocycles. The van der Waals surface area contributed by atoms with Crippen LogP contribution in [0.2, 0.25) is 10.0 Å². The van der Waals surface area contributed by atoms with Gasteiger partial charge in [-0.2, -0.15) is 5.10 Å². The van der Waals surface area contributed by atoms with Crippen molar-refractivity contribution in [3.63, 3.8) is 0 Å². The van der Waals surface area contributed by atoms with Gasteiger partial charge in [0.25, 0.3) is 11.7 Å². The summed E-state index contributed by atoms with van der Waals surface area (Å²) in [4.78, 5) is 24.3. The Hall–Kier alpha value is -1.85. The lowest BCUT2D eigenvalue weighted by Gasteiger charge is -2.06. The predicted molar refractivity (Wildman–Crippen MR) is 82.1 cm³/mol. The van der Waals surface area contributed by atoms with E-state index in [1.54, 1.807) is 37.7 Å². The minimum atomic E-state index is -0.743. The summed E-state index contributed by atoms with van der Waals surface area (Å²) < 4.78 is 1.56. The maximum atomic E-state index is 12.2. The number of ketones is 1. The van der Waals surface area contributed by atoms with Crippen molar-refractivity contribution in [1.29, 1.82) is 0 Å². The molecule has 0 saturated heterocycles. The van der Waals surface area contributed by atoms with E-state index in [1.165, 1.54) is 6.07 Å². The van der Waals surface area contributed by atoms with Crippen LogP contribution < -0.4 is 5.32 Å². The molecular formula is C14H13Cl2N3O2. The summed E-state index contributed by atoms with van der Waals surface area (Å²) in [6, 6.07) is 4.60. The first-order chi connectivity index (χ1) is 9.81. The number of hydrogen-bond donors (Lipinski definition) is 1. The Morgan fingerprint density at radius 3 is 2.38 bits per heavy atom. The second-order valence-corrected chi connectivity index (χ2v) is 5.40. The first-order valence-corrected chi connectivity index (χ1v) is 6.87. The van der Waals surface area contributed by atoms with E-state index in [4.69, 9.17) is 23.2 Å². The summed E-state index contributed by atoms with van der Waals surface area (Å²) in [5.74, 6) is -1.38. The van der Waals surface area contributed by atoms with Gasteiger partial charge in [0, 0.05) is 18.4 Å². The van der Waals surface area contributed by atoms with Crippen molar-refractivity contribution in [3.05, 3.63) is 45.2 Å². The van der Waals surface area contributed by atoms with Gasteiger partial charge in [-0.15, -0.1) is 0 Å². The van der Waals surface area contributed by atoms with Crippen LogP contribution in [0.3, 0.4) is 0 Å². The van der Waals surface area contributed by atoms with E-state index < -0.39 is 11.7 Å². The van der Waals surface area contributed by atoms with Crippen LogP contribution in [0.1, 0.15) is 21.7 Å². The van der Waals surface area contributed by atoms with Crippen molar-refractivity contribution in [1.82, 2.24) is 9.78 Å². The average Bonchev–Trinajstić information content (AvgIpc) is 2.67. The number of aromatic nitrogens is 2. The van der Waals surface area contributed by atoms with E-state index >= 15 is 0 Å². The Morgan fingerprint density at radius 2 is 1.86 bits per heavy atom. The van der Waals surface area contributed by atoms with Crippen molar-refractivity contribution in [3.8, 4) is 0 Å². The Balaban J connectivity index is 2.23. The zero-order valence-corrected chi connectivity index (χ0v) is 13.2. The summed E-state index contributed by atoms with van der Waals surface area (Å²) in [6.45, 7) is 3.42. The second-order valence-electron chi connectivity index (χ2n) is 4.58. The van der Waals surface area contributed by atoms with Gasteiger partial charge in [-0.3, -0.25) is 14.3 Å². The number of benzene rings is 1. The smallest absolute Gasteiger partial charge is 0.296 e. The summed E-state index contributed by atoms with van der Waals surface area (Å²) >= 11 is 11.7. The molecule has 7 heteroatoms. The molecule has 0 saturated carbocycles. The van der Waals surface area contributed by atoms with E-state index in [-0.39, 0.29) is 0 Å². The Bertz CT molecular complexity index is 738. The topological polar surface area (TPSA) is 64.0 Å². The molecule has 0 radical (unpaired) electrons. The first kappa shape index (κ1) is 15.5. The van der Waals surface area contributed by atoms with E-state index in [1.807, 2.05) is 0 Å². The normalized spacial score (nSPS) is 10.5. The highest BCUT2D eigenvalue weighted by atomic mass is 35.5. The van der Waals surface area contributed by atoms with Gasteiger partial charge in [0.05, 0.1) is 21.3 Å². The van der Waals surface area contributed by atoms with Gasteiger partial charge in [0.1, 0.15) is 0 Å². The van der Waals surface area contributed by atoms with E-state index in [9.17, 15) is 9.59 Å². The molecule has 5 nitrogen and oxygen atoms in total. The molecule has 0 aliphatic rings. The van der Waals surface area contributed by atoms with E-state index in [0.29, 0.717) is 32.7 Å². The van der Waals surface area contributed by atoms with Gasteiger partial charge in [0.15, 0.2) is 0 Å². The van der Waals surface area contributed by atoms with Crippen LogP contribution in [0.4, 0.5) is 5.69 Å². The van der Waals surface area contributed by atoms with Gasteiger partial charge in [0.2, 0.25) is 0 Å². The van der Waals surface area contributed by atoms with E-state index in [2.05, 4.69) is 10.4 Å². The monoisotopic (exact) mass is 325 g/mol. The second kappa shape index (κ2) is 5.87. The standard InChI is InChI=1S/C14H13Cl2N3O2/c1-7-12(8(2)19(3)18-7)13(20)14(21)17-9-4-5-10(15)11(16)6-9/h4-6H,1-3H3,(H,17,21). The summed E-state index contributed by atoms with van der Waals surface area (Å²) in [5.41, 5.74) is 1.88. The number of rotatable bonds is 3. The minimum absolute atomic E-state index is 0.302. The van der Waals surface area contributed by atoms with Crippen molar-refractivity contribution >= 4 is 40.6 Å². The maximum absolute atomic E-state index is 12.2. The number of carbonyl (C=O) groups excluding carboxylic acids is 2. The summed E-state index contributed by atoms with van der Waals surface area (Å²) in [5, 5.41) is 7.30. The highest BCUT2D eigenvalue weighted by molar-refractivity contribution is 6.47. The molecule has 2 rings (SSSR count). The van der Waals surface area contributed by atoms with E-state index in [0.717, 1.165) is 0 Å². The molecule has 0 spiro atoms. The molecule has 1 amide bonds. The number of carbonyl (C=O) groups is 2. The zero-order chi connectivity index (χ0) is 15.7. The lowest BCUT2D eigenvalue weighted by Crippen LogP contribution is -2.24. The fourth-order valence-corrected chi connectivity index (χ4v) is 2.28. The van der Waals surface area contributed by atoms with Crippen LogP contribution in [-0.2, 0) is 11.8 Å². The number of nitrogens with one attached hydrogen (secondary N) is 1. The molecule has 0 bridgehead atoms. The third-order valence-corrected chi connectivity index (χ3v) is 3.86. The summed E-state index contributed by atoms with van der Waals surface area (Å²) in [7, 11) is 1.72. The Kier molecular flexibility index (Phi) is 4.34. The highest BCUT2D eigenvalue weighted by Crippen LogP contribution is 2.25. The molecule has 0 aliphatic carbocycles. The van der Waals surface area contributed by atoms with Gasteiger partial charge in [-0.25, -0.2) is 0 Å². The lowest BCUT2D eigenvalue weighted by molar-refractivity contribution is -0.112. The Morgan fingerprint density at radius 1 is 1.19 bits per heavy atom. The van der Waals surface area contributed by atoms with Crippen LogP contribution in [0.15, 0.2) is 18.2 Å².